The fourth-order valence-corrected chi connectivity index (χ4v) is 2.32. The minimum absolute atomic E-state index is 0.140. The molecule has 22 heavy (non-hydrogen) atoms. The zero-order valence-electron chi connectivity index (χ0n) is 13.5. The molecule has 5 nitrogen and oxygen atoms in total. The summed E-state index contributed by atoms with van der Waals surface area (Å²) in [6.45, 7) is 6.43. The Morgan fingerprint density at radius 1 is 1.41 bits per heavy atom. The maximum absolute atomic E-state index is 12.1. The summed E-state index contributed by atoms with van der Waals surface area (Å²) in [7, 11) is 0. The van der Waals surface area contributed by atoms with Crippen molar-refractivity contribution < 1.29 is 9.90 Å². The third-order valence-electron chi connectivity index (χ3n) is 3.77. The summed E-state index contributed by atoms with van der Waals surface area (Å²) in [5, 5.41) is 18.3. The second-order valence-corrected chi connectivity index (χ2v) is 6.57. The molecule has 0 saturated heterocycles. The van der Waals surface area contributed by atoms with E-state index >= 15 is 0 Å². The highest BCUT2D eigenvalue weighted by atomic mass is 16.3. The average Bonchev–Trinajstić information content (AvgIpc) is 2.87. The lowest BCUT2D eigenvalue weighted by Gasteiger charge is -2.24. The molecule has 0 saturated carbocycles. The Kier molecular flexibility index (Phi) is 5.19. The van der Waals surface area contributed by atoms with E-state index in [1.165, 1.54) is 0 Å². The van der Waals surface area contributed by atoms with E-state index in [4.69, 9.17) is 0 Å². The van der Waals surface area contributed by atoms with Crippen LogP contribution in [0.1, 0.15) is 33.6 Å². The van der Waals surface area contributed by atoms with Crippen LogP contribution in [0.25, 0.3) is 10.9 Å². The number of fused-ring (bicyclic) bond motifs is 1. The van der Waals surface area contributed by atoms with Crippen LogP contribution in [0.5, 0.6) is 0 Å². The van der Waals surface area contributed by atoms with E-state index in [0.717, 1.165) is 17.3 Å². The number of rotatable bonds is 7. The molecule has 2 N–H and O–H groups in total. The molecule has 1 heterocycles. The first kappa shape index (κ1) is 16.5. The van der Waals surface area contributed by atoms with Gasteiger partial charge in [-0.3, -0.25) is 9.48 Å². The SMILES string of the molecule is CC(C)CCC(C)(O)CNC(=O)Cn1ncc2ccccc21. The highest BCUT2D eigenvalue weighted by molar-refractivity contribution is 5.81. The van der Waals surface area contributed by atoms with Crippen LogP contribution in [0, 0.1) is 5.92 Å². The summed E-state index contributed by atoms with van der Waals surface area (Å²) in [4.78, 5) is 12.1. The first-order chi connectivity index (χ1) is 10.4. The maximum atomic E-state index is 12.1. The van der Waals surface area contributed by atoms with Crippen LogP contribution in [0.4, 0.5) is 0 Å². The highest BCUT2D eigenvalue weighted by Gasteiger charge is 2.21. The van der Waals surface area contributed by atoms with Crippen molar-refractivity contribution in [3.63, 3.8) is 0 Å². The third-order valence-corrected chi connectivity index (χ3v) is 3.77. The molecule has 0 aliphatic carbocycles. The number of aliphatic hydroxyl groups is 1. The van der Waals surface area contributed by atoms with Gasteiger partial charge in [0.2, 0.25) is 5.91 Å². The topological polar surface area (TPSA) is 67.2 Å². The van der Waals surface area contributed by atoms with E-state index in [9.17, 15) is 9.90 Å². The van der Waals surface area contributed by atoms with Crippen molar-refractivity contribution in [3.8, 4) is 0 Å². The largest absolute Gasteiger partial charge is 0.388 e. The molecule has 0 fully saturated rings. The number of benzene rings is 1. The van der Waals surface area contributed by atoms with Crippen LogP contribution in [0.3, 0.4) is 0 Å². The maximum Gasteiger partial charge on any atom is 0.241 e. The molecule has 0 aliphatic rings. The number of amides is 1. The summed E-state index contributed by atoms with van der Waals surface area (Å²) in [6.07, 6.45) is 3.36. The lowest BCUT2D eigenvalue weighted by molar-refractivity contribution is -0.123. The summed E-state index contributed by atoms with van der Waals surface area (Å²) in [5.41, 5.74) is 0.0655. The van der Waals surface area contributed by atoms with Crippen molar-refractivity contribution in [2.24, 2.45) is 5.92 Å². The number of aromatic nitrogens is 2. The van der Waals surface area contributed by atoms with Gasteiger partial charge in [-0.25, -0.2) is 0 Å². The minimum atomic E-state index is -0.869. The quantitative estimate of drug-likeness (QED) is 0.825. The summed E-state index contributed by atoms with van der Waals surface area (Å²) in [6, 6.07) is 7.78. The number of carbonyl (C=O) groups excluding carboxylic acids is 1. The number of hydrogen-bond acceptors (Lipinski definition) is 3. The molecule has 120 valence electrons. The van der Waals surface area contributed by atoms with Gasteiger partial charge in [0.05, 0.1) is 17.3 Å². The lowest BCUT2D eigenvalue weighted by Crippen LogP contribution is -2.42. The molecule has 1 aromatic carbocycles. The van der Waals surface area contributed by atoms with E-state index in [0.29, 0.717) is 12.3 Å². The predicted octanol–water partition coefficient (Wildman–Crippen LogP) is 2.34. The number of para-hydroxylation sites is 1. The molecule has 2 aromatic rings. The van der Waals surface area contributed by atoms with Gasteiger partial charge in [-0.05, 0) is 31.7 Å². The van der Waals surface area contributed by atoms with Gasteiger partial charge in [0.15, 0.2) is 0 Å². The van der Waals surface area contributed by atoms with Crippen molar-refractivity contribution in [3.05, 3.63) is 30.5 Å². The second kappa shape index (κ2) is 6.92. The molecular weight excluding hydrogens is 278 g/mol. The first-order valence-electron chi connectivity index (χ1n) is 7.77. The van der Waals surface area contributed by atoms with Gasteiger partial charge >= 0.3 is 0 Å². The van der Waals surface area contributed by atoms with Crippen molar-refractivity contribution in [1.29, 1.82) is 0 Å². The molecule has 0 radical (unpaired) electrons. The van der Waals surface area contributed by atoms with Crippen molar-refractivity contribution in [1.82, 2.24) is 15.1 Å². The smallest absolute Gasteiger partial charge is 0.241 e. The van der Waals surface area contributed by atoms with Crippen LogP contribution < -0.4 is 5.32 Å². The molecule has 1 atom stereocenters. The van der Waals surface area contributed by atoms with Gasteiger partial charge < -0.3 is 10.4 Å². The van der Waals surface area contributed by atoms with Gasteiger partial charge in [-0.2, -0.15) is 5.10 Å². The summed E-state index contributed by atoms with van der Waals surface area (Å²) < 4.78 is 1.67. The first-order valence-corrected chi connectivity index (χ1v) is 7.77. The van der Waals surface area contributed by atoms with E-state index in [-0.39, 0.29) is 19.0 Å². The molecule has 5 heteroatoms. The number of nitrogens with one attached hydrogen (secondary N) is 1. The zero-order valence-corrected chi connectivity index (χ0v) is 13.5. The van der Waals surface area contributed by atoms with Crippen molar-refractivity contribution in [2.75, 3.05) is 6.54 Å². The van der Waals surface area contributed by atoms with Crippen LogP contribution in [-0.2, 0) is 11.3 Å². The zero-order chi connectivity index (χ0) is 16.2. The standard InChI is InChI=1S/C17H25N3O2/c1-13(2)8-9-17(3,22)12-18-16(21)11-20-15-7-5-4-6-14(15)10-19-20/h4-7,10,13,22H,8-9,11-12H2,1-3H3,(H,18,21). The monoisotopic (exact) mass is 303 g/mol. The van der Waals surface area contributed by atoms with Crippen molar-refractivity contribution >= 4 is 16.8 Å². The van der Waals surface area contributed by atoms with Gasteiger partial charge in [-0.15, -0.1) is 0 Å². The van der Waals surface area contributed by atoms with Gasteiger partial charge in [0.1, 0.15) is 6.54 Å². The Morgan fingerprint density at radius 3 is 2.86 bits per heavy atom. The lowest BCUT2D eigenvalue weighted by atomic mass is 9.95. The van der Waals surface area contributed by atoms with E-state index in [1.54, 1.807) is 17.8 Å². The number of carbonyl (C=O) groups is 1. The molecule has 0 aliphatic heterocycles. The molecule has 1 amide bonds. The number of nitrogens with zero attached hydrogens (tertiary/aromatic N) is 2. The van der Waals surface area contributed by atoms with Crippen LogP contribution in [-0.4, -0.2) is 32.9 Å². The molecule has 0 bridgehead atoms. The van der Waals surface area contributed by atoms with Gasteiger partial charge in [0.25, 0.3) is 0 Å². The van der Waals surface area contributed by atoms with Crippen LogP contribution in [0.2, 0.25) is 0 Å². The normalized spacial score (nSPS) is 14.2. The minimum Gasteiger partial charge on any atom is -0.388 e. The molecule has 0 spiro atoms. The van der Waals surface area contributed by atoms with E-state index in [2.05, 4.69) is 24.3 Å². The van der Waals surface area contributed by atoms with E-state index in [1.807, 2.05) is 24.3 Å². The Labute approximate surface area is 131 Å². The van der Waals surface area contributed by atoms with Crippen LogP contribution >= 0.6 is 0 Å². The van der Waals surface area contributed by atoms with Crippen LogP contribution in [0.15, 0.2) is 30.5 Å². The van der Waals surface area contributed by atoms with E-state index < -0.39 is 5.60 Å². The fourth-order valence-electron chi connectivity index (χ4n) is 2.32. The summed E-state index contributed by atoms with van der Waals surface area (Å²) in [5.74, 6) is 0.399. The molecular formula is C17H25N3O2. The average molecular weight is 303 g/mol. The second-order valence-electron chi connectivity index (χ2n) is 6.57. The highest BCUT2D eigenvalue weighted by Crippen LogP contribution is 2.16. The fraction of sp³-hybridized carbons (Fsp3) is 0.529. The Balaban J connectivity index is 1.88. The number of hydrogen-bond donors (Lipinski definition) is 2. The Morgan fingerprint density at radius 2 is 2.14 bits per heavy atom. The van der Waals surface area contributed by atoms with Gasteiger partial charge in [-0.1, -0.05) is 32.0 Å². The molecule has 1 aromatic heterocycles. The molecule has 2 rings (SSSR count). The Hall–Kier alpha value is -1.88. The van der Waals surface area contributed by atoms with Crippen molar-refractivity contribution in [2.45, 2.75) is 45.8 Å². The molecule has 1 unspecified atom stereocenters. The van der Waals surface area contributed by atoms with Gasteiger partial charge in [0, 0.05) is 11.9 Å². The Bertz CT molecular complexity index is 632. The third kappa shape index (κ3) is 4.56. The predicted molar refractivity (Wildman–Crippen MR) is 87.4 cm³/mol. The summed E-state index contributed by atoms with van der Waals surface area (Å²) >= 11 is 0.